The summed E-state index contributed by atoms with van der Waals surface area (Å²) in [6.07, 6.45) is 0. The molecule has 0 bridgehead atoms. The van der Waals surface area contributed by atoms with Crippen LogP contribution in [0.15, 0.2) is 158 Å². The van der Waals surface area contributed by atoms with E-state index in [-0.39, 0.29) is 0 Å². The van der Waals surface area contributed by atoms with Gasteiger partial charge in [-0.25, -0.2) is 0 Å². The maximum Gasteiger partial charge on any atom is 0.0789 e. The molecular weight excluding hydrogens is 532 g/mol. The van der Waals surface area contributed by atoms with Gasteiger partial charge in [-0.3, -0.25) is 0 Å². The fourth-order valence-corrected chi connectivity index (χ4v) is 7.55. The van der Waals surface area contributed by atoms with Gasteiger partial charge in [-0.2, -0.15) is 0 Å². The van der Waals surface area contributed by atoms with Crippen molar-refractivity contribution in [1.29, 1.82) is 0 Å². The molecule has 2 heterocycles. The summed E-state index contributed by atoms with van der Waals surface area (Å²) in [5.41, 5.74) is 7.26. The van der Waals surface area contributed by atoms with E-state index in [1.54, 1.807) is 0 Å². The molecule has 2 nitrogen and oxygen atoms in total. The SMILES string of the molecule is c1ccc(-n2c3c4ccccc4ccc3c3ccc4c5ccccc5n(-c5ccc6c(ccc7ccccc76)c5)c4c32)cc1. The van der Waals surface area contributed by atoms with Crippen LogP contribution in [-0.4, -0.2) is 9.13 Å². The Labute approximate surface area is 253 Å². The lowest BCUT2D eigenvalue weighted by molar-refractivity contribution is 1.15. The van der Waals surface area contributed by atoms with Crippen molar-refractivity contribution in [3.8, 4) is 11.4 Å². The molecule has 0 aliphatic carbocycles. The van der Waals surface area contributed by atoms with Crippen LogP contribution in [0.3, 0.4) is 0 Å². The van der Waals surface area contributed by atoms with E-state index in [9.17, 15) is 0 Å². The van der Waals surface area contributed by atoms with Gasteiger partial charge in [-0.05, 0) is 57.3 Å². The van der Waals surface area contributed by atoms with Crippen LogP contribution in [0.4, 0.5) is 0 Å². The summed E-state index contributed by atoms with van der Waals surface area (Å²) in [4.78, 5) is 0. The van der Waals surface area contributed by atoms with E-state index < -0.39 is 0 Å². The Balaban J connectivity index is 1.43. The van der Waals surface area contributed by atoms with Crippen molar-refractivity contribution in [2.24, 2.45) is 0 Å². The summed E-state index contributed by atoms with van der Waals surface area (Å²) in [5, 5.41) is 12.6. The zero-order valence-electron chi connectivity index (χ0n) is 23.9. The molecule has 0 amide bonds. The van der Waals surface area contributed by atoms with Crippen LogP contribution >= 0.6 is 0 Å². The second-order valence-corrected chi connectivity index (χ2v) is 11.8. The first-order chi connectivity index (χ1) is 21.8. The molecule has 10 aromatic rings. The zero-order valence-corrected chi connectivity index (χ0v) is 23.9. The van der Waals surface area contributed by atoms with Gasteiger partial charge in [0.25, 0.3) is 0 Å². The van der Waals surface area contributed by atoms with Gasteiger partial charge in [0, 0.05) is 38.3 Å². The fraction of sp³-hybridized carbons (Fsp3) is 0. The van der Waals surface area contributed by atoms with Crippen molar-refractivity contribution >= 4 is 75.9 Å². The number of nitrogens with zero attached hydrogens (tertiary/aromatic N) is 2. The van der Waals surface area contributed by atoms with Crippen LogP contribution in [0, 0.1) is 0 Å². The highest BCUT2D eigenvalue weighted by Crippen LogP contribution is 2.43. The first-order valence-corrected chi connectivity index (χ1v) is 15.2. The minimum atomic E-state index is 1.16. The molecule has 8 aromatic carbocycles. The van der Waals surface area contributed by atoms with Gasteiger partial charge >= 0.3 is 0 Å². The van der Waals surface area contributed by atoms with Gasteiger partial charge in [0.2, 0.25) is 0 Å². The third-order valence-electron chi connectivity index (χ3n) is 9.45. The normalized spacial score (nSPS) is 12.1. The second kappa shape index (κ2) is 8.82. The Hall–Kier alpha value is -5.86. The number of hydrogen-bond acceptors (Lipinski definition) is 0. The molecule has 0 N–H and O–H groups in total. The molecule has 0 spiro atoms. The Morgan fingerprint density at radius 1 is 0.273 bits per heavy atom. The zero-order chi connectivity index (χ0) is 28.8. The number of para-hydroxylation sites is 2. The van der Waals surface area contributed by atoms with E-state index in [2.05, 4.69) is 167 Å². The molecule has 0 radical (unpaired) electrons. The summed E-state index contributed by atoms with van der Waals surface area (Å²) in [6, 6.07) is 57.8. The highest BCUT2D eigenvalue weighted by atomic mass is 15.0. The Kier molecular flexibility index (Phi) is 4.75. The van der Waals surface area contributed by atoms with E-state index in [1.165, 1.54) is 81.6 Å². The Morgan fingerprint density at radius 2 is 0.795 bits per heavy atom. The molecule has 44 heavy (non-hydrogen) atoms. The molecule has 2 aromatic heterocycles. The van der Waals surface area contributed by atoms with Crippen molar-refractivity contribution in [3.63, 3.8) is 0 Å². The quantitative estimate of drug-likeness (QED) is 0.187. The maximum atomic E-state index is 2.50. The molecular formula is C42H26N2. The monoisotopic (exact) mass is 558 g/mol. The molecule has 0 saturated carbocycles. The van der Waals surface area contributed by atoms with Gasteiger partial charge in [0.05, 0.1) is 22.1 Å². The minimum Gasteiger partial charge on any atom is -0.307 e. The van der Waals surface area contributed by atoms with Crippen LogP contribution in [0.25, 0.3) is 87.3 Å². The Bertz CT molecular complexity index is 2760. The van der Waals surface area contributed by atoms with Crippen LogP contribution < -0.4 is 0 Å². The van der Waals surface area contributed by atoms with Crippen molar-refractivity contribution in [2.75, 3.05) is 0 Å². The summed E-state index contributed by atoms with van der Waals surface area (Å²) >= 11 is 0. The third kappa shape index (κ3) is 3.14. The number of aromatic nitrogens is 2. The lowest BCUT2D eigenvalue weighted by atomic mass is 10.0. The predicted molar refractivity (Wildman–Crippen MR) is 188 cm³/mol. The first kappa shape index (κ1) is 23.7. The highest BCUT2D eigenvalue weighted by Gasteiger charge is 2.22. The number of hydrogen-bond donors (Lipinski definition) is 0. The molecule has 0 aliphatic heterocycles. The molecule has 10 rings (SSSR count). The number of fused-ring (bicyclic) bond motifs is 12. The van der Waals surface area contributed by atoms with E-state index >= 15 is 0 Å². The predicted octanol–water partition coefficient (Wildman–Crippen LogP) is 11.3. The van der Waals surface area contributed by atoms with Crippen molar-refractivity contribution in [1.82, 2.24) is 9.13 Å². The largest absolute Gasteiger partial charge is 0.307 e. The Morgan fingerprint density at radius 3 is 1.64 bits per heavy atom. The topological polar surface area (TPSA) is 9.86 Å². The molecule has 0 unspecified atom stereocenters. The summed E-state index contributed by atoms with van der Waals surface area (Å²) < 4.78 is 4.99. The van der Waals surface area contributed by atoms with Crippen LogP contribution in [-0.2, 0) is 0 Å². The smallest absolute Gasteiger partial charge is 0.0789 e. The van der Waals surface area contributed by atoms with Gasteiger partial charge < -0.3 is 9.13 Å². The van der Waals surface area contributed by atoms with E-state index in [4.69, 9.17) is 0 Å². The summed E-state index contributed by atoms with van der Waals surface area (Å²) in [7, 11) is 0. The van der Waals surface area contributed by atoms with E-state index in [0.717, 1.165) is 5.69 Å². The van der Waals surface area contributed by atoms with Gasteiger partial charge in [-0.15, -0.1) is 0 Å². The molecule has 0 saturated heterocycles. The average molecular weight is 559 g/mol. The molecule has 0 fully saturated rings. The van der Waals surface area contributed by atoms with Crippen LogP contribution in [0.1, 0.15) is 0 Å². The lowest BCUT2D eigenvalue weighted by Crippen LogP contribution is -1.99. The summed E-state index contributed by atoms with van der Waals surface area (Å²) in [5.74, 6) is 0. The lowest BCUT2D eigenvalue weighted by Gasteiger charge is -2.14. The van der Waals surface area contributed by atoms with Gasteiger partial charge in [0.15, 0.2) is 0 Å². The maximum absolute atomic E-state index is 2.50. The van der Waals surface area contributed by atoms with Gasteiger partial charge in [-0.1, -0.05) is 127 Å². The first-order valence-electron chi connectivity index (χ1n) is 15.2. The van der Waals surface area contributed by atoms with Gasteiger partial charge in [0.1, 0.15) is 0 Å². The second-order valence-electron chi connectivity index (χ2n) is 11.8. The van der Waals surface area contributed by atoms with E-state index in [0.29, 0.717) is 0 Å². The van der Waals surface area contributed by atoms with E-state index in [1.807, 2.05) is 0 Å². The molecule has 204 valence electrons. The third-order valence-corrected chi connectivity index (χ3v) is 9.45. The van der Waals surface area contributed by atoms with Crippen molar-refractivity contribution in [2.45, 2.75) is 0 Å². The minimum absolute atomic E-state index is 1.16. The molecule has 0 aliphatic rings. The molecule has 2 heteroatoms. The highest BCUT2D eigenvalue weighted by molar-refractivity contribution is 6.27. The van der Waals surface area contributed by atoms with Crippen molar-refractivity contribution in [3.05, 3.63) is 158 Å². The van der Waals surface area contributed by atoms with Crippen LogP contribution in [0.2, 0.25) is 0 Å². The fourth-order valence-electron chi connectivity index (χ4n) is 7.55. The van der Waals surface area contributed by atoms with Crippen LogP contribution in [0.5, 0.6) is 0 Å². The number of benzene rings is 8. The summed E-state index contributed by atoms with van der Waals surface area (Å²) in [6.45, 7) is 0. The molecule has 0 atom stereocenters. The average Bonchev–Trinajstić information content (AvgIpc) is 3.62. The standard InChI is InChI=1S/C42H26N2/c1-2-12-30(13-3-1)44-40-34-15-7-5-11-28(34)20-22-37(40)38-25-24-36-35-16-8-9-17-39(35)43(41(36)42(38)44)31-21-23-33-29(26-31)19-18-27-10-4-6-14-32(27)33/h1-26H. The van der Waals surface area contributed by atoms with Crippen molar-refractivity contribution < 1.29 is 0 Å². The number of rotatable bonds is 2.